The summed E-state index contributed by atoms with van der Waals surface area (Å²) >= 11 is 0. The smallest absolute Gasteiger partial charge is 0.229 e. The van der Waals surface area contributed by atoms with E-state index in [-0.39, 0.29) is 30.6 Å². The maximum absolute atomic E-state index is 13.8. The van der Waals surface area contributed by atoms with E-state index < -0.39 is 5.92 Å². The summed E-state index contributed by atoms with van der Waals surface area (Å²) in [6, 6.07) is 10.5. The Morgan fingerprint density at radius 1 is 1.12 bits per heavy atom. The molecule has 5 heteroatoms. The molecule has 0 unspecified atom stereocenters. The number of hydrogen-bond donors (Lipinski definition) is 1. The topological polar surface area (TPSA) is 49.4 Å². The van der Waals surface area contributed by atoms with Gasteiger partial charge in [-0.25, -0.2) is 4.39 Å². The third-order valence-electron chi connectivity index (χ3n) is 4.69. The molecule has 0 saturated carbocycles. The molecule has 0 radical (unpaired) electrons. The fourth-order valence-electron chi connectivity index (χ4n) is 3.12. The Balaban J connectivity index is 1.75. The minimum atomic E-state index is -0.448. The predicted octanol–water partition coefficient (Wildman–Crippen LogP) is 3.74. The summed E-state index contributed by atoms with van der Waals surface area (Å²) < 4.78 is 13.8. The van der Waals surface area contributed by atoms with E-state index in [1.54, 1.807) is 19.1 Å². The summed E-state index contributed by atoms with van der Waals surface area (Å²) in [6.45, 7) is 5.80. The number of para-hydroxylation sites is 1. The summed E-state index contributed by atoms with van der Waals surface area (Å²) in [5.74, 6) is -1.14. The van der Waals surface area contributed by atoms with Crippen LogP contribution in [-0.2, 0) is 9.59 Å². The Labute approximate surface area is 146 Å². The number of anilines is 2. The molecule has 1 fully saturated rings. The van der Waals surface area contributed by atoms with E-state index in [2.05, 4.69) is 5.32 Å². The van der Waals surface area contributed by atoms with Gasteiger partial charge in [0.15, 0.2) is 0 Å². The Morgan fingerprint density at radius 3 is 2.44 bits per heavy atom. The van der Waals surface area contributed by atoms with Crippen molar-refractivity contribution >= 4 is 23.2 Å². The first-order chi connectivity index (χ1) is 11.9. The molecule has 4 nitrogen and oxygen atoms in total. The zero-order chi connectivity index (χ0) is 18.1. The fourth-order valence-corrected chi connectivity index (χ4v) is 3.12. The summed E-state index contributed by atoms with van der Waals surface area (Å²) in [4.78, 5) is 26.4. The van der Waals surface area contributed by atoms with E-state index >= 15 is 0 Å². The van der Waals surface area contributed by atoms with Gasteiger partial charge in [-0.2, -0.15) is 0 Å². The minimum absolute atomic E-state index is 0.131. The lowest BCUT2D eigenvalue weighted by atomic mass is 10.1. The summed E-state index contributed by atoms with van der Waals surface area (Å²) in [6.07, 6.45) is 0.131. The lowest BCUT2D eigenvalue weighted by Gasteiger charge is -2.18. The van der Waals surface area contributed by atoms with E-state index in [4.69, 9.17) is 0 Å². The van der Waals surface area contributed by atoms with Crippen LogP contribution in [0.3, 0.4) is 0 Å². The zero-order valence-electron chi connectivity index (χ0n) is 14.6. The van der Waals surface area contributed by atoms with Gasteiger partial charge in [-0.15, -0.1) is 0 Å². The highest BCUT2D eigenvalue weighted by Gasteiger charge is 2.35. The molecule has 2 amide bonds. The van der Waals surface area contributed by atoms with Gasteiger partial charge in [0.1, 0.15) is 5.82 Å². The van der Waals surface area contributed by atoms with Crippen LogP contribution in [0.15, 0.2) is 36.4 Å². The number of nitrogens with one attached hydrogen (secondary N) is 1. The van der Waals surface area contributed by atoms with Gasteiger partial charge in [0.25, 0.3) is 0 Å². The van der Waals surface area contributed by atoms with Crippen molar-refractivity contribution in [3.63, 3.8) is 0 Å². The average Bonchev–Trinajstić information content (AvgIpc) is 2.95. The molecule has 0 spiro atoms. The maximum Gasteiger partial charge on any atom is 0.229 e. The summed E-state index contributed by atoms with van der Waals surface area (Å²) in [5, 5.41) is 2.94. The van der Waals surface area contributed by atoms with Crippen molar-refractivity contribution in [2.45, 2.75) is 27.2 Å². The number of hydrogen-bond acceptors (Lipinski definition) is 2. The second kappa shape index (κ2) is 6.67. The van der Waals surface area contributed by atoms with Crippen molar-refractivity contribution in [1.82, 2.24) is 0 Å². The second-order valence-electron chi connectivity index (χ2n) is 6.59. The molecule has 0 bridgehead atoms. The highest BCUT2D eigenvalue weighted by atomic mass is 19.1. The van der Waals surface area contributed by atoms with Gasteiger partial charge in [-0.3, -0.25) is 9.59 Å². The molecule has 1 atom stereocenters. The highest BCUT2D eigenvalue weighted by molar-refractivity contribution is 6.03. The molecule has 0 aromatic heterocycles. The van der Waals surface area contributed by atoms with Crippen LogP contribution in [-0.4, -0.2) is 18.4 Å². The van der Waals surface area contributed by atoms with Crippen molar-refractivity contribution in [2.24, 2.45) is 5.92 Å². The first-order valence-electron chi connectivity index (χ1n) is 8.30. The summed E-state index contributed by atoms with van der Waals surface area (Å²) in [7, 11) is 0. The molecule has 1 aliphatic heterocycles. The predicted molar refractivity (Wildman–Crippen MR) is 96.1 cm³/mol. The number of carbonyl (C=O) groups excluding carboxylic acids is 2. The van der Waals surface area contributed by atoms with Crippen molar-refractivity contribution in [3.05, 3.63) is 58.9 Å². The van der Waals surface area contributed by atoms with Crippen LogP contribution in [0.4, 0.5) is 15.8 Å². The molecule has 1 aliphatic rings. The van der Waals surface area contributed by atoms with Gasteiger partial charge >= 0.3 is 0 Å². The normalized spacial score (nSPS) is 17.0. The van der Waals surface area contributed by atoms with Crippen molar-refractivity contribution in [3.8, 4) is 0 Å². The Morgan fingerprint density at radius 2 is 1.80 bits per heavy atom. The van der Waals surface area contributed by atoms with Crippen LogP contribution in [0.1, 0.15) is 23.1 Å². The van der Waals surface area contributed by atoms with E-state index in [0.717, 1.165) is 16.8 Å². The first-order valence-corrected chi connectivity index (χ1v) is 8.30. The Bertz CT molecular complexity index is 827. The zero-order valence-corrected chi connectivity index (χ0v) is 14.6. The van der Waals surface area contributed by atoms with Gasteiger partial charge in [0.2, 0.25) is 11.8 Å². The van der Waals surface area contributed by atoms with Crippen LogP contribution in [0.25, 0.3) is 0 Å². The SMILES string of the molecule is Cc1ccc(N2C[C@@H](C(=O)Nc3c(C)cccc3C)CC2=O)cc1F. The summed E-state index contributed by atoms with van der Waals surface area (Å²) in [5.41, 5.74) is 3.78. The number of rotatable bonds is 3. The average molecular weight is 340 g/mol. The molecule has 1 N–H and O–H groups in total. The molecular weight excluding hydrogens is 319 g/mol. The highest BCUT2D eigenvalue weighted by Crippen LogP contribution is 2.28. The molecule has 3 rings (SSSR count). The van der Waals surface area contributed by atoms with Gasteiger partial charge in [-0.05, 0) is 49.6 Å². The van der Waals surface area contributed by atoms with Crippen LogP contribution in [0.5, 0.6) is 0 Å². The molecule has 2 aromatic carbocycles. The first kappa shape index (κ1) is 17.1. The largest absolute Gasteiger partial charge is 0.325 e. The Hall–Kier alpha value is -2.69. The molecule has 1 saturated heterocycles. The third-order valence-corrected chi connectivity index (χ3v) is 4.69. The molecule has 0 aliphatic carbocycles. The lowest BCUT2D eigenvalue weighted by Crippen LogP contribution is -2.28. The second-order valence-corrected chi connectivity index (χ2v) is 6.59. The number of halogens is 1. The number of nitrogens with zero attached hydrogens (tertiary/aromatic N) is 1. The number of amides is 2. The van der Waals surface area contributed by atoms with Crippen molar-refractivity contribution in [1.29, 1.82) is 0 Å². The van der Waals surface area contributed by atoms with E-state index in [9.17, 15) is 14.0 Å². The van der Waals surface area contributed by atoms with Crippen LogP contribution < -0.4 is 10.2 Å². The minimum Gasteiger partial charge on any atom is -0.325 e. The van der Waals surface area contributed by atoms with Gasteiger partial charge in [0, 0.05) is 24.3 Å². The molecular formula is C20H21FN2O2. The quantitative estimate of drug-likeness (QED) is 0.925. The van der Waals surface area contributed by atoms with Gasteiger partial charge in [-0.1, -0.05) is 24.3 Å². The third kappa shape index (κ3) is 3.40. The van der Waals surface area contributed by atoms with Gasteiger partial charge in [0.05, 0.1) is 5.92 Å². The standard InChI is InChI=1S/C20H21FN2O2/c1-12-7-8-16(10-17(12)21)23-11-15(9-18(23)24)20(25)22-19-13(2)5-4-6-14(19)3/h4-8,10,15H,9,11H2,1-3H3,(H,22,25)/t15-/m0/s1. The van der Waals surface area contributed by atoms with Crippen molar-refractivity contribution < 1.29 is 14.0 Å². The molecule has 130 valence electrons. The molecule has 2 aromatic rings. The molecule has 25 heavy (non-hydrogen) atoms. The van der Waals surface area contributed by atoms with E-state index in [1.165, 1.54) is 11.0 Å². The van der Waals surface area contributed by atoms with E-state index in [0.29, 0.717) is 11.3 Å². The van der Waals surface area contributed by atoms with Gasteiger partial charge < -0.3 is 10.2 Å². The van der Waals surface area contributed by atoms with Crippen LogP contribution in [0, 0.1) is 32.5 Å². The number of benzene rings is 2. The van der Waals surface area contributed by atoms with E-state index in [1.807, 2.05) is 32.0 Å². The van der Waals surface area contributed by atoms with Crippen LogP contribution >= 0.6 is 0 Å². The Kier molecular flexibility index (Phi) is 4.57. The molecule has 1 heterocycles. The number of carbonyl (C=O) groups is 2. The van der Waals surface area contributed by atoms with Crippen LogP contribution in [0.2, 0.25) is 0 Å². The maximum atomic E-state index is 13.8. The fraction of sp³-hybridized carbons (Fsp3) is 0.300. The van der Waals surface area contributed by atoms with Crippen molar-refractivity contribution in [2.75, 3.05) is 16.8 Å². The lowest BCUT2D eigenvalue weighted by molar-refractivity contribution is -0.122. The monoisotopic (exact) mass is 340 g/mol. The number of aryl methyl sites for hydroxylation is 3.